The minimum absolute atomic E-state index is 0.541. The van der Waals surface area contributed by atoms with Crippen LogP contribution in [0, 0.1) is 5.92 Å². The third-order valence-electron chi connectivity index (χ3n) is 2.62. The fourth-order valence-corrected chi connectivity index (χ4v) is 1.42. The van der Waals surface area contributed by atoms with Crippen LogP contribution >= 0.6 is 0 Å². The number of rotatable bonds is 6. The van der Waals surface area contributed by atoms with Gasteiger partial charge in [-0.25, -0.2) is 0 Å². The zero-order valence-corrected chi connectivity index (χ0v) is 9.70. The largest absolute Gasteiger partial charge is 0.493 e. The summed E-state index contributed by atoms with van der Waals surface area (Å²) in [5.74, 6) is 1.56. The maximum absolute atomic E-state index is 5.74. The Balaban J connectivity index is 2.43. The number of hydrogen-bond donors (Lipinski definition) is 1. The highest BCUT2D eigenvalue weighted by Gasteiger charge is 2.02. The van der Waals surface area contributed by atoms with Crippen LogP contribution in [-0.4, -0.2) is 13.2 Å². The molecule has 0 radical (unpaired) electrons. The zero-order chi connectivity index (χ0) is 11.1. The SMILES string of the molecule is CCc1ccccc1OCCC(C)CN. The molecule has 1 atom stereocenters. The molecular weight excluding hydrogens is 186 g/mol. The van der Waals surface area contributed by atoms with E-state index in [9.17, 15) is 0 Å². The molecular formula is C13H21NO. The smallest absolute Gasteiger partial charge is 0.122 e. The molecule has 0 aliphatic rings. The maximum Gasteiger partial charge on any atom is 0.122 e. The molecule has 1 aromatic rings. The van der Waals surface area contributed by atoms with Crippen molar-refractivity contribution in [3.63, 3.8) is 0 Å². The van der Waals surface area contributed by atoms with Crippen LogP contribution in [-0.2, 0) is 6.42 Å². The molecule has 0 fully saturated rings. The second-order valence-corrected chi connectivity index (χ2v) is 3.94. The lowest BCUT2D eigenvalue weighted by Crippen LogP contribution is -2.14. The van der Waals surface area contributed by atoms with Crippen LogP contribution in [0.3, 0.4) is 0 Å². The van der Waals surface area contributed by atoms with Crippen molar-refractivity contribution in [2.24, 2.45) is 11.7 Å². The number of hydrogen-bond acceptors (Lipinski definition) is 2. The van der Waals surface area contributed by atoms with Crippen LogP contribution in [0.2, 0.25) is 0 Å². The predicted octanol–water partition coefficient (Wildman–Crippen LogP) is 2.61. The summed E-state index contributed by atoms with van der Waals surface area (Å²) in [7, 11) is 0. The van der Waals surface area contributed by atoms with Crippen LogP contribution in [0.1, 0.15) is 25.8 Å². The Morgan fingerprint density at radius 3 is 2.73 bits per heavy atom. The van der Waals surface area contributed by atoms with E-state index in [0.717, 1.165) is 31.7 Å². The van der Waals surface area contributed by atoms with E-state index in [0.29, 0.717) is 5.92 Å². The molecule has 1 aromatic carbocycles. The van der Waals surface area contributed by atoms with Gasteiger partial charge in [-0.1, -0.05) is 32.0 Å². The Morgan fingerprint density at radius 1 is 1.33 bits per heavy atom. The lowest BCUT2D eigenvalue weighted by Gasteiger charge is -2.12. The lowest BCUT2D eigenvalue weighted by atomic mass is 10.1. The summed E-state index contributed by atoms with van der Waals surface area (Å²) in [5.41, 5.74) is 6.83. The Labute approximate surface area is 92.4 Å². The van der Waals surface area contributed by atoms with Crippen LogP contribution in [0.5, 0.6) is 5.75 Å². The van der Waals surface area contributed by atoms with E-state index in [4.69, 9.17) is 10.5 Å². The molecule has 1 unspecified atom stereocenters. The van der Waals surface area contributed by atoms with Crippen molar-refractivity contribution in [3.05, 3.63) is 29.8 Å². The van der Waals surface area contributed by atoms with Gasteiger partial charge in [0.15, 0.2) is 0 Å². The maximum atomic E-state index is 5.74. The van der Waals surface area contributed by atoms with Crippen LogP contribution in [0.15, 0.2) is 24.3 Å². The third-order valence-corrected chi connectivity index (χ3v) is 2.62. The average molecular weight is 207 g/mol. The summed E-state index contributed by atoms with van der Waals surface area (Å²) in [6.07, 6.45) is 2.04. The predicted molar refractivity (Wildman–Crippen MR) is 64.2 cm³/mol. The summed E-state index contributed by atoms with van der Waals surface area (Å²) in [6.45, 7) is 5.79. The molecule has 0 heterocycles. The molecule has 2 heteroatoms. The second-order valence-electron chi connectivity index (χ2n) is 3.94. The van der Waals surface area contributed by atoms with Gasteiger partial charge in [-0.15, -0.1) is 0 Å². The van der Waals surface area contributed by atoms with Crippen LogP contribution < -0.4 is 10.5 Å². The van der Waals surface area contributed by atoms with Gasteiger partial charge in [0.2, 0.25) is 0 Å². The van der Waals surface area contributed by atoms with E-state index in [2.05, 4.69) is 19.9 Å². The second kappa shape index (κ2) is 6.46. The van der Waals surface area contributed by atoms with Gasteiger partial charge < -0.3 is 10.5 Å². The summed E-state index contributed by atoms with van der Waals surface area (Å²) in [4.78, 5) is 0. The highest BCUT2D eigenvalue weighted by atomic mass is 16.5. The Kier molecular flexibility index (Phi) is 5.19. The molecule has 0 bridgehead atoms. The topological polar surface area (TPSA) is 35.2 Å². The fourth-order valence-electron chi connectivity index (χ4n) is 1.42. The monoisotopic (exact) mass is 207 g/mol. The van der Waals surface area contributed by atoms with E-state index >= 15 is 0 Å². The molecule has 0 aliphatic carbocycles. The van der Waals surface area contributed by atoms with E-state index < -0.39 is 0 Å². The van der Waals surface area contributed by atoms with E-state index in [1.165, 1.54) is 5.56 Å². The van der Waals surface area contributed by atoms with Crippen molar-refractivity contribution in [2.75, 3.05) is 13.2 Å². The standard InChI is InChI=1S/C13H21NO/c1-3-12-6-4-5-7-13(12)15-9-8-11(2)10-14/h4-7,11H,3,8-10,14H2,1-2H3. The molecule has 0 amide bonds. The summed E-state index contributed by atoms with van der Waals surface area (Å²) >= 11 is 0. The first-order valence-electron chi connectivity index (χ1n) is 5.68. The summed E-state index contributed by atoms with van der Waals surface area (Å²) in [6, 6.07) is 8.21. The van der Waals surface area contributed by atoms with Crippen molar-refractivity contribution in [3.8, 4) is 5.75 Å². The Morgan fingerprint density at radius 2 is 2.07 bits per heavy atom. The third kappa shape index (κ3) is 3.92. The van der Waals surface area contributed by atoms with Crippen molar-refractivity contribution >= 4 is 0 Å². The van der Waals surface area contributed by atoms with Crippen molar-refractivity contribution in [2.45, 2.75) is 26.7 Å². The molecule has 0 aromatic heterocycles. The molecule has 0 spiro atoms. The number of nitrogens with two attached hydrogens (primary N) is 1. The Hall–Kier alpha value is -1.02. The zero-order valence-electron chi connectivity index (χ0n) is 9.70. The fraction of sp³-hybridized carbons (Fsp3) is 0.538. The molecule has 84 valence electrons. The van der Waals surface area contributed by atoms with E-state index in [1.54, 1.807) is 0 Å². The minimum Gasteiger partial charge on any atom is -0.493 e. The minimum atomic E-state index is 0.541. The highest BCUT2D eigenvalue weighted by molar-refractivity contribution is 5.33. The van der Waals surface area contributed by atoms with Crippen LogP contribution in [0.4, 0.5) is 0 Å². The quantitative estimate of drug-likeness (QED) is 0.778. The average Bonchev–Trinajstić information content (AvgIpc) is 2.29. The highest BCUT2D eigenvalue weighted by Crippen LogP contribution is 2.18. The lowest BCUT2D eigenvalue weighted by molar-refractivity contribution is 0.283. The first kappa shape index (κ1) is 12.1. The van der Waals surface area contributed by atoms with Crippen LogP contribution in [0.25, 0.3) is 0 Å². The first-order chi connectivity index (χ1) is 7.27. The Bertz CT molecular complexity index is 286. The molecule has 2 N–H and O–H groups in total. The molecule has 1 rings (SSSR count). The van der Waals surface area contributed by atoms with Gasteiger partial charge in [0.05, 0.1) is 6.61 Å². The van der Waals surface area contributed by atoms with Crippen molar-refractivity contribution < 1.29 is 4.74 Å². The van der Waals surface area contributed by atoms with E-state index in [1.807, 2.05) is 18.2 Å². The number of aryl methyl sites for hydroxylation is 1. The van der Waals surface area contributed by atoms with Gasteiger partial charge in [0, 0.05) is 0 Å². The number of ether oxygens (including phenoxy) is 1. The van der Waals surface area contributed by atoms with Gasteiger partial charge in [0.1, 0.15) is 5.75 Å². The normalized spacial score (nSPS) is 12.5. The summed E-state index contributed by atoms with van der Waals surface area (Å²) < 4.78 is 5.74. The van der Waals surface area contributed by atoms with Crippen molar-refractivity contribution in [1.82, 2.24) is 0 Å². The van der Waals surface area contributed by atoms with Gasteiger partial charge in [-0.2, -0.15) is 0 Å². The van der Waals surface area contributed by atoms with E-state index in [-0.39, 0.29) is 0 Å². The number of para-hydroxylation sites is 1. The molecule has 0 saturated carbocycles. The first-order valence-corrected chi connectivity index (χ1v) is 5.68. The molecule has 0 aliphatic heterocycles. The molecule has 2 nitrogen and oxygen atoms in total. The van der Waals surface area contributed by atoms with Gasteiger partial charge in [-0.3, -0.25) is 0 Å². The number of benzene rings is 1. The van der Waals surface area contributed by atoms with Gasteiger partial charge in [-0.05, 0) is 36.9 Å². The summed E-state index contributed by atoms with van der Waals surface area (Å²) in [5, 5.41) is 0. The van der Waals surface area contributed by atoms with Gasteiger partial charge >= 0.3 is 0 Å². The van der Waals surface area contributed by atoms with Gasteiger partial charge in [0.25, 0.3) is 0 Å². The van der Waals surface area contributed by atoms with Crippen molar-refractivity contribution in [1.29, 1.82) is 0 Å². The molecule has 0 saturated heterocycles. The molecule has 15 heavy (non-hydrogen) atoms.